The molecule has 0 aromatic heterocycles. The fourth-order valence-corrected chi connectivity index (χ4v) is 2.35. The molecule has 0 aliphatic carbocycles. The van der Waals surface area contributed by atoms with Crippen molar-refractivity contribution in [2.24, 2.45) is 11.1 Å². The normalized spacial score (nSPS) is 18.6. The van der Waals surface area contributed by atoms with Crippen LogP contribution in [-0.2, 0) is 4.79 Å². The Morgan fingerprint density at radius 2 is 1.75 bits per heavy atom. The van der Waals surface area contributed by atoms with Gasteiger partial charge >= 0.3 is 0 Å². The lowest BCUT2D eigenvalue weighted by Crippen LogP contribution is -2.53. The maximum atomic E-state index is 12.1. The van der Waals surface area contributed by atoms with Gasteiger partial charge in [-0.15, -0.1) is 12.4 Å². The third kappa shape index (κ3) is 6.91. The van der Waals surface area contributed by atoms with Crippen molar-refractivity contribution in [3.63, 3.8) is 0 Å². The molecule has 5 heteroatoms. The van der Waals surface area contributed by atoms with Gasteiger partial charge in [0, 0.05) is 26.2 Å². The largest absolute Gasteiger partial charge is 0.339 e. The molecule has 2 N–H and O–H groups in total. The van der Waals surface area contributed by atoms with Crippen molar-refractivity contribution >= 4 is 18.3 Å². The highest BCUT2D eigenvalue weighted by molar-refractivity contribution is 5.85. The van der Waals surface area contributed by atoms with E-state index in [1.165, 1.54) is 6.42 Å². The van der Waals surface area contributed by atoms with Gasteiger partial charge in [0.05, 0.1) is 6.04 Å². The number of carbonyl (C=O) groups excluding carboxylic acids is 1. The lowest BCUT2D eigenvalue weighted by atomic mass is 9.92. The van der Waals surface area contributed by atoms with Crippen LogP contribution >= 0.6 is 12.4 Å². The van der Waals surface area contributed by atoms with Gasteiger partial charge in [-0.2, -0.15) is 0 Å². The van der Waals surface area contributed by atoms with Crippen molar-refractivity contribution in [3.8, 4) is 0 Å². The second-order valence-electron chi connectivity index (χ2n) is 6.87. The topological polar surface area (TPSA) is 49.6 Å². The summed E-state index contributed by atoms with van der Waals surface area (Å²) >= 11 is 0. The first-order valence-corrected chi connectivity index (χ1v) is 7.60. The van der Waals surface area contributed by atoms with Gasteiger partial charge < -0.3 is 10.6 Å². The number of nitrogens with zero attached hydrogens (tertiary/aromatic N) is 2. The zero-order valence-corrected chi connectivity index (χ0v) is 14.3. The van der Waals surface area contributed by atoms with Crippen molar-refractivity contribution in [1.29, 1.82) is 0 Å². The fourth-order valence-electron chi connectivity index (χ4n) is 2.35. The van der Waals surface area contributed by atoms with E-state index in [9.17, 15) is 4.79 Å². The van der Waals surface area contributed by atoms with E-state index in [1.54, 1.807) is 0 Å². The summed E-state index contributed by atoms with van der Waals surface area (Å²) in [5, 5.41) is 0. The van der Waals surface area contributed by atoms with Crippen molar-refractivity contribution in [2.75, 3.05) is 32.7 Å². The summed E-state index contributed by atoms with van der Waals surface area (Å²) in [6.07, 6.45) is 2.97. The van der Waals surface area contributed by atoms with Crippen LogP contribution in [0.25, 0.3) is 0 Å². The maximum Gasteiger partial charge on any atom is 0.239 e. The standard InChI is InChI=1S/C15H31N3O.ClH/c1-5-6-13(16)14(19)18-11-9-17(10-12-18)8-7-15(2,3)4;/h13H,5-12,16H2,1-4H3;1H. The Labute approximate surface area is 130 Å². The number of piperazine rings is 1. The third-order valence-electron chi connectivity index (χ3n) is 3.78. The van der Waals surface area contributed by atoms with E-state index >= 15 is 0 Å². The molecule has 0 spiro atoms. The summed E-state index contributed by atoms with van der Waals surface area (Å²) < 4.78 is 0. The summed E-state index contributed by atoms with van der Waals surface area (Å²) in [7, 11) is 0. The van der Waals surface area contributed by atoms with Gasteiger partial charge in [-0.1, -0.05) is 34.1 Å². The number of hydrogen-bond acceptors (Lipinski definition) is 3. The molecule has 0 aromatic carbocycles. The van der Waals surface area contributed by atoms with Gasteiger partial charge in [0.15, 0.2) is 0 Å². The number of hydrogen-bond donors (Lipinski definition) is 1. The molecule has 120 valence electrons. The average molecular weight is 306 g/mol. The van der Waals surface area contributed by atoms with E-state index in [2.05, 4.69) is 32.6 Å². The van der Waals surface area contributed by atoms with Crippen molar-refractivity contribution in [1.82, 2.24) is 9.80 Å². The summed E-state index contributed by atoms with van der Waals surface area (Å²) in [5.41, 5.74) is 6.29. The highest BCUT2D eigenvalue weighted by Crippen LogP contribution is 2.19. The zero-order chi connectivity index (χ0) is 14.5. The van der Waals surface area contributed by atoms with Crippen LogP contribution in [0.3, 0.4) is 0 Å². The molecule has 1 rings (SSSR count). The predicted molar refractivity (Wildman–Crippen MR) is 87.2 cm³/mol. The van der Waals surface area contributed by atoms with Gasteiger partial charge in [-0.3, -0.25) is 9.69 Å². The Morgan fingerprint density at radius 1 is 1.20 bits per heavy atom. The molecular formula is C15H32ClN3O. The van der Waals surface area contributed by atoms with Gasteiger partial charge in [0.2, 0.25) is 5.91 Å². The second-order valence-corrected chi connectivity index (χ2v) is 6.87. The predicted octanol–water partition coefficient (Wildman–Crippen LogP) is 2.12. The Morgan fingerprint density at radius 3 is 2.20 bits per heavy atom. The Balaban J connectivity index is 0.00000361. The van der Waals surface area contributed by atoms with E-state index < -0.39 is 0 Å². The molecule has 1 amide bonds. The van der Waals surface area contributed by atoms with Crippen molar-refractivity contribution < 1.29 is 4.79 Å². The molecular weight excluding hydrogens is 274 g/mol. The molecule has 1 unspecified atom stereocenters. The van der Waals surface area contributed by atoms with E-state index in [0.29, 0.717) is 5.41 Å². The molecule has 1 heterocycles. The SMILES string of the molecule is CCCC(N)C(=O)N1CCN(CCC(C)(C)C)CC1.Cl. The van der Waals surface area contributed by atoms with Crippen LogP contribution in [0.5, 0.6) is 0 Å². The fraction of sp³-hybridized carbons (Fsp3) is 0.933. The zero-order valence-electron chi connectivity index (χ0n) is 13.5. The van der Waals surface area contributed by atoms with Crippen LogP contribution in [0, 0.1) is 5.41 Å². The highest BCUT2D eigenvalue weighted by Gasteiger charge is 2.25. The highest BCUT2D eigenvalue weighted by atomic mass is 35.5. The summed E-state index contributed by atoms with van der Waals surface area (Å²) in [6.45, 7) is 13.7. The average Bonchev–Trinajstić information content (AvgIpc) is 2.35. The summed E-state index contributed by atoms with van der Waals surface area (Å²) in [5.74, 6) is 0.136. The molecule has 1 atom stereocenters. The van der Waals surface area contributed by atoms with Gasteiger partial charge in [0.25, 0.3) is 0 Å². The Kier molecular flexibility index (Phi) is 8.71. The number of carbonyl (C=O) groups is 1. The van der Waals surface area contributed by atoms with Crippen LogP contribution in [-0.4, -0.2) is 54.5 Å². The number of amides is 1. The monoisotopic (exact) mass is 305 g/mol. The smallest absolute Gasteiger partial charge is 0.239 e. The first-order valence-electron chi connectivity index (χ1n) is 7.60. The van der Waals surface area contributed by atoms with Crippen LogP contribution in [0.1, 0.15) is 47.0 Å². The van der Waals surface area contributed by atoms with Crippen LogP contribution < -0.4 is 5.73 Å². The maximum absolute atomic E-state index is 12.1. The molecule has 0 saturated carbocycles. The van der Waals surface area contributed by atoms with Gasteiger partial charge in [-0.05, 0) is 24.8 Å². The van der Waals surface area contributed by atoms with Gasteiger partial charge in [0.1, 0.15) is 0 Å². The number of halogens is 1. The van der Waals surface area contributed by atoms with Gasteiger partial charge in [-0.25, -0.2) is 0 Å². The lowest BCUT2D eigenvalue weighted by Gasteiger charge is -2.36. The summed E-state index contributed by atoms with van der Waals surface area (Å²) in [4.78, 5) is 16.5. The molecule has 4 nitrogen and oxygen atoms in total. The minimum Gasteiger partial charge on any atom is -0.339 e. The lowest BCUT2D eigenvalue weighted by molar-refractivity contribution is -0.134. The first-order chi connectivity index (χ1) is 8.83. The van der Waals surface area contributed by atoms with E-state index in [-0.39, 0.29) is 24.4 Å². The summed E-state index contributed by atoms with van der Waals surface area (Å²) in [6, 6.07) is -0.300. The van der Waals surface area contributed by atoms with Crippen LogP contribution in [0.15, 0.2) is 0 Å². The molecule has 1 saturated heterocycles. The Hall–Kier alpha value is -0.320. The first kappa shape index (κ1) is 19.7. The minimum atomic E-state index is -0.300. The molecule has 0 bridgehead atoms. The molecule has 1 aliphatic heterocycles. The molecule has 1 aliphatic rings. The van der Waals surface area contributed by atoms with Crippen LogP contribution in [0.2, 0.25) is 0 Å². The number of rotatable bonds is 5. The second kappa shape index (κ2) is 8.85. The minimum absolute atomic E-state index is 0. The van der Waals surface area contributed by atoms with E-state index in [0.717, 1.165) is 45.6 Å². The third-order valence-corrected chi connectivity index (χ3v) is 3.78. The van der Waals surface area contributed by atoms with Crippen LogP contribution in [0.4, 0.5) is 0 Å². The van der Waals surface area contributed by atoms with Crippen molar-refractivity contribution in [2.45, 2.75) is 53.0 Å². The quantitative estimate of drug-likeness (QED) is 0.846. The molecule has 1 fully saturated rings. The number of nitrogens with two attached hydrogens (primary N) is 1. The molecule has 20 heavy (non-hydrogen) atoms. The molecule has 0 aromatic rings. The van der Waals surface area contributed by atoms with Crippen molar-refractivity contribution in [3.05, 3.63) is 0 Å². The van der Waals surface area contributed by atoms with E-state index in [1.807, 2.05) is 4.90 Å². The Bertz CT molecular complexity index is 283. The van der Waals surface area contributed by atoms with E-state index in [4.69, 9.17) is 5.73 Å². The molecule has 0 radical (unpaired) electrons.